The van der Waals surface area contributed by atoms with Crippen molar-refractivity contribution in [3.8, 4) is 11.3 Å². The molecule has 1 amide bonds. The summed E-state index contributed by atoms with van der Waals surface area (Å²) in [5, 5.41) is 3.00. The van der Waals surface area contributed by atoms with Crippen molar-refractivity contribution in [3.63, 3.8) is 0 Å². The molecule has 1 saturated carbocycles. The van der Waals surface area contributed by atoms with Crippen LogP contribution in [0, 0.1) is 5.92 Å². The molecule has 0 saturated heterocycles. The maximum Gasteiger partial charge on any atom is 0.229 e. The summed E-state index contributed by atoms with van der Waals surface area (Å²) in [6, 6.07) is 17.9. The number of carbonyl (C=O) groups is 1. The van der Waals surface area contributed by atoms with Crippen LogP contribution in [0.4, 0.5) is 5.82 Å². The molecule has 0 aliphatic heterocycles. The fourth-order valence-corrected chi connectivity index (χ4v) is 4.14. The molecule has 1 heterocycles. The highest BCUT2D eigenvalue weighted by molar-refractivity contribution is 9.10. The van der Waals surface area contributed by atoms with Crippen molar-refractivity contribution in [1.29, 1.82) is 0 Å². The van der Waals surface area contributed by atoms with Crippen molar-refractivity contribution in [2.24, 2.45) is 5.92 Å². The van der Waals surface area contributed by atoms with Crippen LogP contribution in [0.5, 0.6) is 0 Å². The number of amides is 1. The topological polar surface area (TPSA) is 54.9 Å². The van der Waals surface area contributed by atoms with Crippen LogP contribution in [-0.2, 0) is 17.6 Å². The number of anilines is 1. The third-order valence-corrected chi connectivity index (χ3v) is 5.94. The Kier molecular flexibility index (Phi) is 6.35. The van der Waals surface area contributed by atoms with E-state index in [0.29, 0.717) is 18.2 Å². The minimum Gasteiger partial charge on any atom is -0.309 e. The van der Waals surface area contributed by atoms with Gasteiger partial charge in [-0.2, -0.15) is 0 Å². The van der Waals surface area contributed by atoms with Gasteiger partial charge in [-0.1, -0.05) is 84.1 Å². The molecular weight excluding hydrogens is 426 g/mol. The molecule has 5 heteroatoms. The second-order valence-corrected chi connectivity index (χ2v) is 8.54. The van der Waals surface area contributed by atoms with E-state index in [0.717, 1.165) is 33.4 Å². The fourth-order valence-electron chi connectivity index (χ4n) is 3.87. The fraction of sp³-hybridized carbons (Fsp3) is 0.292. The van der Waals surface area contributed by atoms with E-state index in [1.54, 1.807) is 6.20 Å². The van der Waals surface area contributed by atoms with Gasteiger partial charge in [-0.25, -0.2) is 9.97 Å². The van der Waals surface area contributed by atoms with Gasteiger partial charge in [-0.15, -0.1) is 0 Å². The normalized spacial score (nSPS) is 14.1. The largest absolute Gasteiger partial charge is 0.309 e. The second-order valence-electron chi connectivity index (χ2n) is 7.62. The van der Waals surface area contributed by atoms with Crippen molar-refractivity contribution < 1.29 is 4.79 Å². The highest BCUT2D eigenvalue weighted by Gasteiger charge is 2.20. The van der Waals surface area contributed by atoms with Crippen molar-refractivity contribution in [1.82, 2.24) is 9.97 Å². The number of carbonyl (C=O) groups excluding carboxylic acids is 1. The molecule has 0 atom stereocenters. The quantitative estimate of drug-likeness (QED) is 0.515. The van der Waals surface area contributed by atoms with E-state index in [1.165, 1.54) is 25.7 Å². The Bertz CT molecular complexity index is 967. The standard InChI is InChI=1S/C24H24BrN3O/c25-20-12-10-18(11-13-20)15-23(29)28-24-21(14-17-6-4-5-7-17)27-22(16-26-24)19-8-2-1-3-9-19/h1-3,8-13,16-17H,4-7,14-15H2,(H,26,28,29). The first-order chi connectivity index (χ1) is 14.2. The predicted molar refractivity (Wildman–Crippen MR) is 120 cm³/mol. The molecule has 3 aromatic rings. The minimum absolute atomic E-state index is 0.0678. The third-order valence-electron chi connectivity index (χ3n) is 5.41. The Morgan fingerprint density at radius 3 is 2.48 bits per heavy atom. The number of rotatable bonds is 6. The molecule has 0 spiro atoms. The molecule has 4 nitrogen and oxygen atoms in total. The van der Waals surface area contributed by atoms with E-state index >= 15 is 0 Å². The highest BCUT2D eigenvalue weighted by Crippen LogP contribution is 2.30. The molecule has 1 fully saturated rings. The Hall–Kier alpha value is -2.53. The molecule has 0 unspecified atom stereocenters. The molecule has 0 bridgehead atoms. The van der Waals surface area contributed by atoms with Gasteiger partial charge >= 0.3 is 0 Å². The van der Waals surface area contributed by atoms with Crippen LogP contribution >= 0.6 is 15.9 Å². The van der Waals surface area contributed by atoms with Crippen LogP contribution in [0.2, 0.25) is 0 Å². The summed E-state index contributed by atoms with van der Waals surface area (Å²) in [6.45, 7) is 0. The molecule has 0 radical (unpaired) electrons. The highest BCUT2D eigenvalue weighted by atomic mass is 79.9. The van der Waals surface area contributed by atoms with Gasteiger partial charge in [-0.05, 0) is 30.0 Å². The molecule has 1 aliphatic carbocycles. The number of hydrogen-bond acceptors (Lipinski definition) is 3. The zero-order valence-electron chi connectivity index (χ0n) is 16.3. The molecule has 4 rings (SSSR count). The van der Waals surface area contributed by atoms with Crippen molar-refractivity contribution in [2.75, 3.05) is 5.32 Å². The molecular formula is C24H24BrN3O. The SMILES string of the molecule is O=C(Cc1ccc(Br)cc1)Nc1ncc(-c2ccccc2)nc1CC1CCCC1. The summed E-state index contributed by atoms with van der Waals surface area (Å²) >= 11 is 3.42. The lowest BCUT2D eigenvalue weighted by atomic mass is 10.0. The summed E-state index contributed by atoms with van der Waals surface area (Å²) in [7, 11) is 0. The number of halogens is 1. The smallest absolute Gasteiger partial charge is 0.229 e. The van der Waals surface area contributed by atoms with Gasteiger partial charge in [0.05, 0.1) is 24.0 Å². The van der Waals surface area contributed by atoms with Crippen LogP contribution in [0.3, 0.4) is 0 Å². The van der Waals surface area contributed by atoms with Crippen LogP contribution in [-0.4, -0.2) is 15.9 Å². The molecule has 2 aromatic carbocycles. The van der Waals surface area contributed by atoms with E-state index in [2.05, 4.69) is 26.2 Å². The van der Waals surface area contributed by atoms with Crippen molar-refractivity contribution in [3.05, 3.63) is 76.5 Å². The van der Waals surface area contributed by atoms with Crippen molar-refractivity contribution >= 4 is 27.7 Å². The summed E-state index contributed by atoms with van der Waals surface area (Å²) in [4.78, 5) is 22.1. The third kappa shape index (κ3) is 5.30. The van der Waals surface area contributed by atoms with Gasteiger partial charge < -0.3 is 5.32 Å². The van der Waals surface area contributed by atoms with Gasteiger partial charge in [0.1, 0.15) is 0 Å². The van der Waals surface area contributed by atoms with Gasteiger partial charge in [0.2, 0.25) is 5.91 Å². The Morgan fingerprint density at radius 2 is 1.76 bits per heavy atom. The van der Waals surface area contributed by atoms with E-state index < -0.39 is 0 Å². The van der Waals surface area contributed by atoms with Crippen LogP contribution in [0.1, 0.15) is 36.9 Å². The lowest BCUT2D eigenvalue weighted by Crippen LogP contribution is -2.18. The Balaban J connectivity index is 1.55. The molecule has 1 aliphatic rings. The minimum atomic E-state index is -0.0678. The Labute approximate surface area is 179 Å². The summed E-state index contributed by atoms with van der Waals surface area (Å²) in [5.74, 6) is 1.15. The first-order valence-corrected chi connectivity index (χ1v) is 10.9. The van der Waals surface area contributed by atoms with Crippen LogP contribution < -0.4 is 5.32 Å². The van der Waals surface area contributed by atoms with E-state index in [4.69, 9.17) is 4.98 Å². The Morgan fingerprint density at radius 1 is 1.03 bits per heavy atom. The molecule has 1 aromatic heterocycles. The van der Waals surface area contributed by atoms with Gasteiger partial charge in [-0.3, -0.25) is 4.79 Å². The number of nitrogens with one attached hydrogen (secondary N) is 1. The average Bonchev–Trinajstić information content (AvgIpc) is 3.25. The summed E-state index contributed by atoms with van der Waals surface area (Å²) in [5.41, 5.74) is 3.75. The van der Waals surface area contributed by atoms with Crippen LogP contribution in [0.15, 0.2) is 65.3 Å². The van der Waals surface area contributed by atoms with Gasteiger partial charge in [0.15, 0.2) is 5.82 Å². The summed E-state index contributed by atoms with van der Waals surface area (Å²) < 4.78 is 1.00. The maximum atomic E-state index is 12.6. The number of hydrogen-bond donors (Lipinski definition) is 1. The second kappa shape index (κ2) is 9.31. The molecule has 29 heavy (non-hydrogen) atoms. The lowest BCUT2D eigenvalue weighted by Gasteiger charge is -2.14. The molecule has 148 valence electrons. The molecule has 1 N–H and O–H groups in total. The number of aromatic nitrogens is 2. The van der Waals surface area contributed by atoms with E-state index in [9.17, 15) is 4.79 Å². The van der Waals surface area contributed by atoms with E-state index in [1.807, 2.05) is 54.6 Å². The lowest BCUT2D eigenvalue weighted by molar-refractivity contribution is -0.115. The van der Waals surface area contributed by atoms with Gasteiger partial charge in [0, 0.05) is 10.0 Å². The van der Waals surface area contributed by atoms with E-state index in [-0.39, 0.29) is 5.91 Å². The maximum absolute atomic E-state index is 12.6. The number of benzene rings is 2. The van der Waals surface area contributed by atoms with Gasteiger partial charge in [0.25, 0.3) is 0 Å². The first-order valence-electron chi connectivity index (χ1n) is 10.1. The predicted octanol–water partition coefficient (Wildman–Crippen LogP) is 5.82. The van der Waals surface area contributed by atoms with Crippen LogP contribution in [0.25, 0.3) is 11.3 Å². The monoisotopic (exact) mass is 449 g/mol. The average molecular weight is 450 g/mol. The van der Waals surface area contributed by atoms with Crippen molar-refractivity contribution in [2.45, 2.75) is 38.5 Å². The zero-order chi connectivity index (χ0) is 20.1. The zero-order valence-corrected chi connectivity index (χ0v) is 17.9. The number of nitrogens with zero attached hydrogens (tertiary/aromatic N) is 2. The summed E-state index contributed by atoms with van der Waals surface area (Å²) in [6.07, 6.45) is 7.94. The first kappa shape index (κ1) is 19.8.